The predicted octanol–water partition coefficient (Wildman–Crippen LogP) is 26.0. The summed E-state index contributed by atoms with van der Waals surface area (Å²) in [7, 11) is -4.40. The highest BCUT2D eigenvalue weighted by Crippen LogP contribution is 2.43. The number of allylic oxidation sites excluding steroid dienone is 22. The monoisotopic (exact) mass is 1310 g/mol. The van der Waals surface area contributed by atoms with E-state index in [1.807, 2.05) is 0 Å². The molecule has 10 heteroatoms. The lowest BCUT2D eigenvalue weighted by molar-refractivity contribution is -0.161. The van der Waals surface area contributed by atoms with E-state index in [1.165, 1.54) is 205 Å². The molecule has 9 nitrogen and oxygen atoms in total. The largest absolute Gasteiger partial charge is 0.472 e. The summed E-state index contributed by atoms with van der Waals surface area (Å²) >= 11 is 0. The Bertz CT molecular complexity index is 1990. The molecule has 2 atom stereocenters. The number of phosphoric acid groups is 1. The number of ether oxygens (including phenoxy) is 2. The molecule has 0 amide bonds. The van der Waals surface area contributed by atoms with Crippen molar-refractivity contribution in [2.75, 3.05) is 26.4 Å². The minimum absolute atomic E-state index is 0.0513. The summed E-state index contributed by atoms with van der Waals surface area (Å²) in [5, 5.41) is 0. The highest BCUT2D eigenvalue weighted by molar-refractivity contribution is 7.47. The Hall–Kier alpha value is -3.85. The Balaban J connectivity index is 3.82. The lowest BCUT2D eigenvalue weighted by Gasteiger charge is -2.19. The fraction of sp³-hybridized carbons (Fsp3) is 0.711. The van der Waals surface area contributed by atoms with Crippen molar-refractivity contribution in [3.63, 3.8) is 0 Å². The van der Waals surface area contributed by atoms with Crippen LogP contribution in [0.4, 0.5) is 0 Å². The maximum Gasteiger partial charge on any atom is 0.472 e. The van der Waals surface area contributed by atoms with Crippen LogP contribution in [-0.2, 0) is 32.7 Å². The van der Waals surface area contributed by atoms with Gasteiger partial charge in [0.1, 0.15) is 6.61 Å². The van der Waals surface area contributed by atoms with Gasteiger partial charge in [0.25, 0.3) is 0 Å². The molecule has 0 aromatic carbocycles. The van der Waals surface area contributed by atoms with E-state index in [0.29, 0.717) is 6.42 Å². The van der Waals surface area contributed by atoms with Crippen LogP contribution in [0, 0.1) is 0 Å². The highest BCUT2D eigenvalue weighted by atomic mass is 31.2. The first-order chi connectivity index (χ1) is 45.8. The van der Waals surface area contributed by atoms with E-state index in [9.17, 15) is 19.0 Å². The topological polar surface area (TPSA) is 134 Å². The van der Waals surface area contributed by atoms with E-state index in [0.717, 1.165) is 109 Å². The molecular weight excluding hydrogens is 1170 g/mol. The lowest BCUT2D eigenvalue weighted by Crippen LogP contribution is -2.29. The Morgan fingerprint density at radius 3 is 0.828 bits per heavy atom. The molecule has 0 rings (SSSR count). The molecule has 0 bridgehead atoms. The van der Waals surface area contributed by atoms with E-state index in [2.05, 4.69) is 148 Å². The van der Waals surface area contributed by atoms with Gasteiger partial charge in [-0.25, -0.2) is 4.57 Å². The van der Waals surface area contributed by atoms with Crippen molar-refractivity contribution in [1.82, 2.24) is 0 Å². The summed E-state index contributed by atoms with van der Waals surface area (Å²) < 4.78 is 33.3. The number of unbranched alkanes of at least 4 members (excludes halogenated alkanes) is 37. The first kappa shape index (κ1) is 89.2. The summed E-state index contributed by atoms with van der Waals surface area (Å²) in [6, 6.07) is 0. The second-order valence-corrected chi connectivity index (χ2v) is 26.9. The first-order valence-corrected chi connectivity index (χ1v) is 40.2. The van der Waals surface area contributed by atoms with Gasteiger partial charge < -0.3 is 20.1 Å². The van der Waals surface area contributed by atoms with Crippen LogP contribution in [0.3, 0.4) is 0 Å². The zero-order chi connectivity index (χ0) is 67.2. The minimum atomic E-state index is -4.40. The van der Waals surface area contributed by atoms with E-state index in [-0.39, 0.29) is 38.6 Å². The van der Waals surface area contributed by atoms with Crippen molar-refractivity contribution in [3.05, 3.63) is 134 Å². The minimum Gasteiger partial charge on any atom is -0.462 e. The molecule has 0 aliphatic carbocycles. The van der Waals surface area contributed by atoms with Gasteiger partial charge in [-0.1, -0.05) is 359 Å². The van der Waals surface area contributed by atoms with Crippen molar-refractivity contribution in [3.8, 4) is 0 Å². The molecule has 0 spiro atoms. The molecule has 0 aliphatic heterocycles. The number of carbonyl (C=O) groups is 2. The molecule has 93 heavy (non-hydrogen) atoms. The molecular formula is C83H144NO8P. The molecule has 2 unspecified atom stereocenters. The molecule has 0 fully saturated rings. The molecule has 3 N–H and O–H groups in total. The predicted molar refractivity (Wildman–Crippen MR) is 404 cm³/mol. The number of esters is 2. The Labute approximate surface area is 574 Å². The molecule has 0 aliphatic rings. The Kier molecular flexibility index (Phi) is 74.0. The van der Waals surface area contributed by atoms with Crippen molar-refractivity contribution in [2.24, 2.45) is 5.73 Å². The molecule has 0 heterocycles. The maximum absolute atomic E-state index is 12.8. The number of rotatable bonds is 72. The molecule has 0 saturated heterocycles. The number of hydrogen-bond donors (Lipinski definition) is 2. The third-order valence-electron chi connectivity index (χ3n) is 16.5. The van der Waals surface area contributed by atoms with Crippen molar-refractivity contribution in [1.29, 1.82) is 0 Å². The van der Waals surface area contributed by atoms with Gasteiger partial charge in [-0.05, 0) is 109 Å². The molecule has 0 aromatic heterocycles. The van der Waals surface area contributed by atoms with Crippen LogP contribution < -0.4 is 5.73 Å². The van der Waals surface area contributed by atoms with Gasteiger partial charge >= 0.3 is 19.8 Å². The second-order valence-electron chi connectivity index (χ2n) is 25.5. The van der Waals surface area contributed by atoms with Crippen LogP contribution >= 0.6 is 7.82 Å². The van der Waals surface area contributed by atoms with Gasteiger partial charge in [0.2, 0.25) is 0 Å². The number of phosphoric ester groups is 1. The van der Waals surface area contributed by atoms with Crippen LogP contribution in [0.15, 0.2) is 134 Å². The number of nitrogens with two attached hydrogens (primary N) is 1. The van der Waals surface area contributed by atoms with E-state index in [1.54, 1.807) is 0 Å². The third-order valence-corrected chi connectivity index (χ3v) is 17.5. The summed E-state index contributed by atoms with van der Waals surface area (Å²) in [6.45, 7) is 3.56. The third kappa shape index (κ3) is 77.0. The fourth-order valence-corrected chi connectivity index (χ4v) is 11.7. The average molecular weight is 1320 g/mol. The first-order valence-electron chi connectivity index (χ1n) is 38.7. The Morgan fingerprint density at radius 1 is 0.323 bits per heavy atom. The average Bonchev–Trinajstić information content (AvgIpc) is 3.49. The Morgan fingerprint density at radius 2 is 0.559 bits per heavy atom. The highest BCUT2D eigenvalue weighted by Gasteiger charge is 2.26. The summed E-state index contributed by atoms with van der Waals surface area (Å²) in [5.74, 6) is -0.816. The van der Waals surface area contributed by atoms with E-state index >= 15 is 0 Å². The van der Waals surface area contributed by atoms with Crippen LogP contribution in [0.25, 0.3) is 0 Å². The normalized spacial score (nSPS) is 13.6. The second kappa shape index (κ2) is 77.2. The summed E-state index contributed by atoms with van der Waals surface area (Å²) in [4.78, 5) is 35.4. The maximum atomic E-state index is 12.8. The van der Waals surface area contributed by atoms with Crippen molar-refractivity contribution >= 4 is 19.8 Å². The standard InChI is InChI=1S/C83H144NO8P/c1-3-5-7-9-11-13-15-17-19-21-23-25-27-29-31-33-35-36-37-38-39-40-41-42-43-44-46-48-50-52-54-56-58-60-62-64-66-68-70-72-74-76-83(86)92-81(80-91-93(87,88)90-78-77-84)79-89-82(85)75-73-71-69-67-65-63-61-59-57-55-53-51-49-47-45-34-32-30-28-26-24-22-20-18-16-14-12-10-8-6-4-2/h5-8,11-14,17-20,23-26,29,31,35-36,38-39,81H,3-4,9-10,15-16,21-22,27-28,30,32-34,37,40-80,84H2,1-2H3,(H,87,88)/b7-5-,8-6-,13-11-,14-12-,19-17-,20-18-,25-23-,26-24-,31-29-,36-35-,39-38-. The van der Waals surface area contributed by atoms with Gasteiger partial charge in [-0.3, -0.25) is 18.6 Å². The van der Waals surface area contributed by atoms with Crippen LogP contribution in [0.2, 0.25) is 0 Å². The molecule has 0 aromatic rings. The van der Waals surface area contributed by atoms with E-state index in [4.69, 9.17) is 24.3 Å². The summed E-state index contributed by atoms with van der Waals surface area (Å²) in [6.07, 6.45) is 110. The van der Waals surface area contributed by atoms with E-state index < -0.39 is 26.5 Å². The zero-order valence-corrected chi connectivity index (χ0v) is 61.1. The summed E-state index contributed by atoms with van der Waals surface area (Å²) in [5.41, 5.74) is 5.41. The smallest absolute Gasteiger partial charge is 0.462 e. The van der Waals surface area contributed by atoms with Gasteiger partial charge in [0.15, 0.2) is 6.10 Å². The van der Waals surface area contributed by atoms with Crippen molar-refractivity contribution in [2.45, 2.75) is 354 Å². The fourth-order valence-electron chi connectivity index (χ4n) is 10.9. The SMILES string of the molecule is CC/C=C\C/C=C\C/C=C\C/C=C\C/C=C\C/C=C\C/C=C\CCCCCCCCCCCCCCCCCCCCCC(=O)OC(COC(=O)CCCCCCCCCCCCCCCCCCCC/C=C\C/C=C\C/C=C\C/C=C\CC)COP(=O)(O)OCCN. The van der Waals surface area contributed by atoms with Crippen LogP contribution in [-0.4, -0.2) is 49.3 Å². The van der Waals surface area contributed by atoms with Crippen LogP contribution in [0.1, 0.15) is 348 Å². The van der Waals surface area contributed by atoms with Gasteiger partial charge in [0, 0.05) is 19.4 Å². The van der Waals surface area contributed by atoms with Gasteiger partial charge in [-0.2, -0.15) is 0 Å². The number of carbonyl (C=O) groups excluding carboxylic acids is 2. The molecule has 0 saturated carbocycles. The molecule has 534 valence electrons. The van der Waals surface area contributed by atoms with Crippen molar-refractivity contribution < 1.29 is 37.6 Å². The van der Waals surface area contributed by atoms with Gasteiger partial charge in [0.05, 0.1) is 13.2 Å². The van der Waals surface area contributed by atoms with Gasteiger partial charge in [-0.15, -0.1) is 0 Å². The zero-order valence-electron chi connectivity index (χ0n) is 60.2. The lowest BCUT2D eigenvalue weighted by atomic mass is 10.0. The number of hydrogen-bond acceptors (Lipinski definition) is 8. The quantitative estimate of drug-likeness (QED) is 0.0264. The molecule has 0 radical (unpaired) electrons. The van der Waals surface area contributed by atoms with Crippen LogP contribution in [0.5, 0.6) is 0 Å².